The SMILES string of the molecule is CS(=O)(=O)c1ccc(COC[C@@H]2C[C@@H]2C2CCN(c3ncc(Br)cn3)CC2)nc1. The summed E-state index contributed by atoms with van der Waals surface area (Å²) in [7, 11) is -3.20. The molecule has 2 atom stereocenters. The Morgan fingerprint density at radius 2 is 1.86 bits per heavy atom. The lowest BCUT2D eigenvalue weighted by atomic mass is 9.91. The lowest BCUT2D eigenvalue weighted by Crippen LogP contribution is -2.35. The summed E-state index contributed by atoms with van der Waals surface area (Å²) >= 11 is 3.38. The van der Waals surface area contributed by atoms with Crippen LogP contribution in [0.5, 0.6) is 0 Å². The topological polar surface area (TPSA) is 85.3 Å². The van der Waals surface area contributed by atoms with Crippen LogP contribution in [0.2, 0.25) is 0 Å². The van der Waals surface area contributed by atoms with Crippen molar-refractivity contribution in [3.8, 4) is 0 Å². The van der Waals surface area contributed by atoms with Crippen molar-refractivity contribution in [1.82, 2.24) is 15.0 Å². The van der Waals surface area contributed by atoms with E-state index in [4.69, 9.17) is 4.74 Å². The maximum absolute atomic E-state index is 11.5. The van der Waals surface area contributed by atoms with E-state index in [1.165, 1.54) is 31.7 Å². The number of aromatic nitrogens is 3. The van der Waals surface area contributed by atoms with Gasteiger partial charge >= 0.3 is 0 Å². The molecule has 0 N–H and O–H groups in total. The highest BCUT2D eigenvalue weighted by Crippen LogP contribution is 2.48. The number of anilines is 1. The number of hydrogen-bond acceptors (Lipinski definition) is 7. The average molecular weight is 481 g/mol. The normalized spacial score (nSPS) is 22.6. The fourth-order valence-corrected chi connectivity index (χ4v) is 4.83. The molecule has 0 amide bonds. The fourth-order valence-electron chi connectivity index (χ4n) is 4.07. The second-order valence-corrected chi connectivity index (χ2v) is 10.9. The van der Waals surface area contributed by atoms with E-state index in [0.29, 0.717) is 12.5 Å². The van der Waals surface area contributed by atoms with Crippen LogP contribution in [0.15, 0.2) is 40.1 Å². The van der Waals surface area contributed by atoms with E-state index in [9.17, 15) is 8.42 Å². The first kappa shape index (κ1) is 20.7. The number of piperidine rings is 1. The molecule has 0 spiro atoms. The van der Waals surface area contributed by atoms with Crippen molar-refractivity contribution in [3.63, 3.8) is 0 Å². The number of hydrogen-bond donors (Lipinski definition) is 0. The summed E-state index contributed by atoms with van der Waals surface area (Å²) in [5.41, 5.74) is 0.761. The third-order valence-electron chi connectivity index (χ3n) is 5.82. The molecule has 2 aromatic heterocycles. The van der Waals surface area contributed by atoms with Crippen LogP contribution in [0.3, 0.4) is 0 Å². The monoisotopic (exact) mass is 480 g/mol. The highest BCUT2D eigenvalue weighted by atomic mass is 79.9. The Balaban J connectivity index is 1.18. The van der Waals surface area contributed by atoms with Crippen molar-refractivity contribution in [1.29, 1.82) is 0 Å². The van der Waals surface area contributed by atoms with Gasteiger partial charge in [0.1, 0.15) is 0 Å². The van der Waals surface area contributed by atoms with Gasteiger partial charge in [0.25, 0.3) is 0 Å². The second-order valence-electron chi connectivity index (χ2n) is 7.96. The van der Waals surface area contributed by atoms with Crippen LogP contribution in [0.1, 0.15) is 25.0 Å². The average Bonchev–Trinajstić information content (AvgIpc) is 3.48. The number of pyridine rings is 1. The molecule has 2 aromatic rings. The van der Waals surface area contributed by atoms with Crippen molar-refractivity contribution in [2.45, 2.75) is 30.8 Å². The maximum atomic E-state index is 11.5. The van der Waals surface area contributed by atoms with Crippen LogP contribution in [0, 0.1) is 17.8 Å². The van der Waals surface area contributed by atoms with Gasteiger partial charge in [-0.1, -0.05) is 0 Å². The van der Waals surface area contributed by atoms with E-state index in [1.807, 2.05) is 0 Å². The first-order chi connectivity index (χ1) is 13.9. The molecular formula is C20H25BrN4O3S. The molecule has 0 unspecified atom stereocenters. The summed E-state index contributed by atoms with van der Waals surface area (Å²) in [5.74, 6) is 2.95. The minimum absolute atomic E-state index is 0.239. The van der Waals surface area contributed by atoms with Crippen LogP contribution >= 0.6 is 15.9 Å². The molecule has 9 heteroatoms. The number of sulfone groups is 1. The van der Waals surface area contributed by atoms with Gasteiger partial charge in [-0.25, -0.2) is 18.4 Å². The Labute approximate surface area is 180 Å². The highest BCUT2D eigenvalue weighted by molar-refractivity contribution is 9.10. The molecule has 29 heavy (non-hydrogen) atoms. The van der Waals surface area contributed by atoms with Gasteiger partial charge in [0.15, 0.2) is 9.84 Å². The van der Waals surface area contributed by atoms with E-state index in [0.717, 1.165) is 47.6 Å². The van der Waals surface area contributed by atoms with E-state index in [-0.39, 0.29) is 4.90 Å². The van der Waals surface area contributed by atoms with Gasteiger partial charge in [-0.2, -0.15) is 0 Å². The lowest BCUT2D eigenvalue weighted by molar-refractivity contribution is 0.102. The summed E-state index contributed by atoms with van der Waals surface area (Å²) in [4.78, 5) is 15.5. The zero-order chi connectivity index (χ0) is 20.4. The third kappa shape index (κ3) is 5.32. The number of nitrogens with zero attached hydrogens (tertiary/aromatic N) is 4. The van der Waals surface area contributed by atoms with Crippen LogP contribution in [-0.4, -0.2) is 49.3 Å². The number of ether oxygens (including phenoxy) is 1. The summed E-state index contributed by atoms with van der Waals surface area (Å²) in [5, 5.41) is 0. The summed E-state index contributed by atoms with van der Waals surface area (Å²) in [6, 6.07) is 3.31. The van der Waals surface area contributed by atoms with E-state index in [1.54, 1.807) is 24.5 Å². The van der Waals surface area contributed by atoms with Crippen LogP contribution in [0.25, 0.3) is 0 Å². The first-order valence-corrected chi connectivity index (χ1v) is 12.5. The molecule has 0 bridgehead atoms. The maximum Gasteiger partial charge on any atom is 0.225 e. The predicted octanol–water partition coefficient (Wildman–Crippen LogP) is 3.11. The molecule has 2 aliphatic rings. The zero-order valence-electron chi connectivity index (χ0n) is 16.4. The third-order valence-corrected chi connectivity index (χ3v) is 7.33. The second kappa shape index (κ2) is 8.65. The Morgan fingerprint density at radius 3 is 2.48 bits per heavy atom. The van der Waals surface area contributed by atoms with Gasteiger partial charge < -0.3 is 9.64 Å². The molecule has 0 aromatic carbocycles. The van der Waals surface area contributed by atoms with Crippen molar-refractivity contribution < 1.29 is 13.2 Å². The largest absolute Gasteiger partial charge is 0.375 e. The predicted molar refractivity (Wildman–Crippen MR) is 113 cm³/mol. The molecule has 2 fully saturated rings. The van der Waals surface area contributed by atoms with Crippen molar-refractivity contribution in [2.75, 3.05) is 30.9 Å². The van der Waals surface area contributed by atoms with Gasteiger partial charge in [0, 0.05) is 37.9 Å². The van der Waals surface area contributed by atoms with E-state index in [2.05, 4.69) is 35.8 Å². The van der Waals surface area contributed by atoms with Crippen LogP contribution in [0.4, 0.5) is 5.95 Å². The van der Waals surface area contributed by atoms with Crippen molar-refractivity contribution >= 4 is 31.7 Å². The minimum Gasteiger partial charge on any atom is -0.375 e. The first-order valence-electron chi connectivity index (χ1n) is 9.85. The van der Waals surface area contributed by atoms with Crippen molar-refractivity contribution in [2.24, 2.45) is 17.8 Å². The minimum atomic E-state index is -3.20. The lowest BCUT2D eigenvalue weighted by Gasteiger charge is -2.32. The Hall–Kier alpha value is -1.58. The van der Waals surface area contributed by atoms with Gasteiger partial charge in [-0.05, 0) is 65.1 Å². The highest BCUT2D eigenvalue weighted by Gasteiger charge is 2.43. The molecule has 1 saturated heterocycles. The standard InChI is InChI=1S/C20H25BrN4O3S/c1-29(26,27)18-3-2-17(22-11-18)13-28-12-15-8-19(15)14-4-6-25(7-5-14)20-23-9-16(21)10-24-20/h2-3,9-11,14-15,19H,4-8,12-13H2,1H3/t15-,19+/m0/s1. The number of rotatable bonds is 7. The van der Waals surface area contributed by atoms with Gasteiger partial charge in [-0.15, -0.1) is 0 Å². The van der Waals surface area contributed by atoms with Gasteiger partial charge in [-0.3, -0.25) is 4.98 Å². The Kier molecular flexibility index (Phi) is 6.17. The molecule has 7 nitrogen and oxygen atoms in total. The molecular weight excluding hydrogens is 456 g/mol. The molecule has 0 radical (unpaired) electrons. The zero-order valence-corrected chi connectivity index (χ0v) is 18.8. The Bertz CT molecular complexity index is 929. The van der Waals surface area contributed by atoms with Crippen LogP contribution in [-0.2, 0) is 21.2 Å². The summed E-state index contributed by atoms with van der Waals surface area (Å²) < 4.78 is 29.7. The van der Waals surface area contributed by atoms with E-state index >= 15 is 0 Å². The summed E-state index contributed by atoms with van der Waals surface area (Å²) in [6.07, 6.45) is 9.77. The smallest absolute Gasteiger partial charge is 0.225 e. The summed E-state index contributed by atoms with van der Waals surface area (Å²) in [6.45, 7) is 3.18. The molecule has 1 saturated carbocycles. The molecule has 4 rings (SSSR count). The van der Waals surface area contributed by atoms with Crippen molar-refractivity contribution in [3.05, 3.63) is 40.9 Å². The molecule has 3 heterocycles. The Morgan fingerprint density at radius 1 is 1.14 bits per heavy atom. The fraction of sp³-hybridized carbons (Fsp3) is 0.550. The molecule has 156 valence electrons. The molecule has 1 aliphatic heterocycles. The van der Waals surface area contributed by atoms with Gasteiger partial charge in [0.05, 0.1) is 28.3 Å². The van der Waals surface area contributed by atoms with Crippen LogP contribution < -0.4 is 4.90 Å². The quantitative estimate of drug-likeness (QED) is 0.601. The van der Waals surface area contributed by atoms with Gasteiger partial charge in [0.2, 0.25) is 5.95 Å². The van der Waals surface area contributed by atoms with E-state index < -0.39 is 9.84 Å². The molecule has 1 aliphatic carbocycles. The number of halogens is 1.